The molecule has 0 bridgehead atoms. The molecule has 5 aliphatic rings. The van der Waals surface area contributed by atoms with Gasteiger partial charge in [-0.15, -0.1) is 0 Å². The lowest BCUT2D eigenvalue weighted by Crippen LogP contribution is -2.56. The van der Waals surface area contributed by atoms with Gasteiger partial charge in [-0.25, -0.2) is 0 Å². The predicted octanol–water partition coefficient (Wildman–Crippen LogP) is 6.38. The molecule has 0 radical (unpaired) electrons. The van der Waals surface area contributed by atoms with Gasteiger partial charge in [-0.1, -0.05) is 66.0 Å². The standard InChI is InChI=1S/C27H44O2/c1-17(2)7-6-8-18(3)20-9-10-21-19-11-16-27-24(29-27)23(28)13-15-26(27,5)22(19)12-14-25(20,21)4/h11,16-24,28H,6-10,12-15H2,1-5H3/t18-,19+,20-,21+,22+,23+,24+,25-,26-,27+/m1/s1. The Kier molecular flexibility index (Phi) is 4.84. The van der Waals surface area contributed by atoms with Crippen LogP contribution in [0.1, 0.15) is 92.4 Å². The van der Waals surface area contributed by atoms with E-state index in [9.17, 15) is 5.11 Å². The van der Waals surface area contributed by atoms with Crippen molar-refractivity contribution in [1.82, 2.24) is 0 Å². The van der Waals surface area contributed by atoms with E-state index in [1.807, 2.05) is 0 Å². The van der Waals surface area contributed by atoms with E-state index in [1.165, 1.54) is 44.9 Å². The van der Waals surface area contributed by atoms with Crippen LogP contribution in [0.5, 0.6) is 0 Å². The molecule has 2 heteroatoms. The van der Waals surface area contributed by atoms with Crippen LogP contribution >= 0.6 is 0 Å². The van der Waals surface area contributed by atoms with Crippen LogP contribution in [-0.4, -0.2) is 22.9 Å². The SMILES string of the molecule is CC(C)CCC[C@@H](C)[C@H]1CC[C@H]2[C@@H]3C=C[C@]45O[C@H]4[C@@H](O)CC[C@]5(C)[C@H]3CC[C@]12C. The number of ether oxygens (including phenoxy) is 1. The average Bonchev–Trinajstić information content (AvgIpc) is 3.31. The summed E-state index contributed by atoms with van der Waals surface area (Å²) in [6.45, 7) is 12.4. The first kappa shape index (κ1) is 20.6. The number of hydrogen-bond donors (Lipinski definition) is 1. The third kappa shape index (κ3) is 2.80. The third-order valence-corrected chi connectivity index (χ3v) is 10.8. The topological polar surface area (TPSA) is 32.8 Å². The highest BCUT2D eigenvalue weighted by molar-refractivity contribution is 5.34. The maximum absolute atomic E-state index is 10.4. The third-order valence-electron chi connectivity index (χ3n) is 10.8. The second-order valence-electron chi connectivity index (χ2n) is 12.5. The van der Waals surface area contributed by atoms with Gasteiger partial charge in [0, 0.05) is 5.41 Å². The van der Waals surface area contributed by atoms with Crippen molar-refractivity contribution in [1.29, 1.82) is 0 Å². The van der Waals surface area contributed by atoms with Crippen molar-refractivity contribution in [3.05, 3.63) is 12.2 Å². The lowest BCUT2D eigenvalue weighted by molar-refractivity contribution is -0.0707. The predicted molar refractivity (Wildman–Crippen MR) is 118 cm³/mol. The minimum absolute atomic E-state index is 0.0732. The van der Waals surface area contributed by atoms with E-state index in [0.717, 1.165) is 48.3 Å². The smallest absolute Gasteiger partial charge is 0.121 e. The minimum Gasteiger partial charge on any atom is -0.390 e. The Labute approximate surface area is 178 Å². The molecule has 1 heterocycles. The van der Waals surface area contributed by atoms with Gasteiger partial charge in [-0.2, -0.15) is 0 Å². The summed E-state index contributed by atoms with van der Waals surface area (Å²) in [4.78, 5) is 0. The van der Waals surface area contributed by atoms with Crippen LogP contribution in [0.4, 0.5) is 0 Å². The van der Waals surface area contributed by atoms with Crippen LogP contribution in [0.3, 0.4) is 0 Å². The lowest BCUT2D eigenvalue weighted by Gasteiger charge is -2.58. The van der Waals surface area contributed by atoms with E-state index in [0.29, 0.717) is 5.41 Å². The molecule has 29 heavy (non-hydrogen) atoms. The second kappa shape index (κ2) is 6.83. The molecule has 1 aliphatic heterocycles. The second-order valence-corrected chi connectivity index (χ2v) is 12.5. The van der Waals surface area contributed by atoms with E-state index < -0.39 is 0 Å². The maximum atomic E-state index is 10.4. The van der Waals surface area contributed by atoms with E-state index in [2.05, 4.69) is 46.8 Å². The zero-order valence-corrected chi connectivity index (χ0v) is 19.5. The van der Waals surface area contributed by atoms with Crippen LogP contribution in [-0.2, 0) is 4.74 Å². The molecule has 3 saturated carbocycles. The van der Waals surface area contributed by atoms with Crippen molar-refractivity contribution in [3.63, 3.8) is 0 Å². The van der Waals surface area contributed by atoms with Crippen molar-refractivity contribution in [2.45, 2.75) is 110 Å². The molecule has 0 aromatic carbocycles. The first-order valence-electron chi connectivity index (χ1n) is 12.8. The molecule has 0 amide bonds. The van der Waals surface area contributed by atoms with Gasteiger partial charge in [0.2, 0.25) is 0 Å². The quantitative estimate of drug-likeness (QED) is 0.429. The summed E-state index contributed by atoms with van der Waals surface area (Å²) < 4.78 is 6.26. The van der Waals surface area contributed by atoms with Crippen molar-refractivity contribution in [3.8, 4) is 0 Å². The minimum atomic E-state index is -0.249. The molecule has 4 fully saturated rings. The highest BCUT2D eigenvalue weighted by Gasteiger charge is 2.74. The lowest BCUT2D eigenvalue weighted by atomic mass is 9.46. The number of rotatable bonds is 5. The molecule has 10 atom stereocenters. The highest BCUT2D eigenvalue weighted by atomic mass is 16.6. The van der Waals surface area contributed by atoms with Gasteiger partial charge in [0.05, 0.1) is 6.10 Å². The number of hydrogen-bond acceptors (Lipinski definition) is 2. The number of allylic oxidation sites excluding steroid dienone is 1. The fraction of sp³-hybridized carbons (Fsp3) is 0.926. The molecule has 0 aromatic heterocycles. The first-order chi connectivity index (χ1) is 13.7. The zero-order chi connectivity index (χ0) is 20.6. The average molecular weight is 401 g/mol. The first-order valence-corrected chi connectivity index (χ1v) is 12.8. The van der Waals surface area contributed by atoms with Crippen molar-refractivity contribution < 1.29 is 9.84 Å². The summed E-state index contributed by atoms with van der Waals surface area (Å²) >= 11 is 0. The van der Waals surface area contributed by atoms with Crippen molar-refractivity contribution in [2.75, 3.05) is 0 Å². The summed E-state index contributed by atoms with van der Waals surface area (Å²) in [7, 11) is 0. The van der Waals surface area contributed by atoms with Gasteiger partial charge in [0.1, 0.15) is 11.7 Å². The highest BCUT2D eigenvalue weighted by Crippen LogP contribution is 2.71. The zero-order valence-electron chi connectivity index (χ0n) is 19.5. The molecule has 1 N–H and O–H groups in total. The number of fused-ring (bicyclic) bond motifs is 4. The van der Waals surface area contributed by atoms with Crippen LogP contribution in [0, 0.1) is 46.3 Å². The Morgan fingerprint density at radius 3 is 2.55 bits per heavy atom. The molecule has 0 aromatic rings. The van der Waals surface area contributed by atoms with Crippen LogP contribution in [0.25, 0.3) is 0 Å². The molecule has 1 saturated heterocycles. The molecule has 0 unspecified atom stereocenters. The molecular weight excluding hydrogens is 356 g/mol. The molecule has 4 aliphatic carbocycles. The van der Waals surface area contributed by atoms with Gasteiger partial charge in [0.25, 0.3) is 0 Å². The summed E-state index contributed by atoms with van der Waals surface area (Å²) in [5.74, 6) is 4.96. The monoisotopic (exact) mass is 400 g/mol. The molecule has 1 spiro atoms. The summed E-state index contributed by atoms with van der Waals surface area (Å²) in [5.41, 5.74) is 0.627. The van der Waals surface area contributed by atoms with Crippen molar-refractivity contribution >= 4 is 0 Å². The van der Waals surface area contributed by atoms with Crippen molar-refractivity contribution in [2.24, 2.45) is 46.3 Å². The largest absolute Gasteiger partial charge is 0.390 e. The van der Waals surface area contributed by atoms with Gasteiger partial charge in [-0.3, -0.25) is 0 Å². The Balaban J connectivity index is 1.35. The number of aliphatic hydroxyl groups is 1. The maximum Gasteiger partial charge on any atom is 0.121 e. The van der Waals surface area contributed by atoms with Gasteiger partial charge in [-0.05, 0) is 79.4 Å². The van der Waals surface area contributed by atoms with Gasteiger partial charge < -0.3 is 9.84 Å². The van der Waals surface area contributed by atoms with E-state index in [-0.39, 0.29) is 23.2 Å². The van der Waals surface area contributed by atoms with Gasteiger partial charge in [0.15, 0.2) is 0 Å². The van der Waals surface area contributed by atoms with E-state index in [1.54, 1.807) is 0 Å². The Morgan fingerprint density at radius 1 is 1.00 bits per heavy atom. The fourth-order valence-electron chi connectivity index (χ4n) is 9.08. The van der Waals surface area contributed by atoms with Gasteiger partial charge >= 0.3 is 0 Å². The van der Waals surface area contributed by atoms with E-state index >= 15 is 0 Å². The summed E-state index contributed by atoms with van der Waals surface area (Å²) in [6, 6.07) is 0. The van der Waals surface area contributed by atoms with E-state index in [4.69, 9.17) is 4.74 Å². The van der Waals surface area contributed by atoms with Crippen LogP contribution < -0.4 is 0 Å². The number of aliphatic hydroxyl groups excluding tert-OH is 1. The Bertz CT molecular complexity index is 669. The normalized spacial score (nSPS) is 53.8. The van der Waals surface area contributed by atoms with Crippen LogP contribution in [0.2, 0.25) is 0 Å². The number of epoxide rings is 1. The Hall–Kier alpha value is -0.340. The summed E-state index contributed by atoms with van der Waals surface area (Å²) in [6.07, 6.45) is 16.7. The summed E-state index contributed by atoms with van der Waals surface area (Å²) in [5, 5.41) is 10.4. The molecule has 5 rings (SSSR count). The molecule has 164 valence electrons. The molecular formula is C27H44O2. The Morgan fingerprint density at radius 2 is 1.79 bits per heavy atom. The molecule has 2 nitrogen and oxygen atoms in total. The fourth-order valence-corrected chi connectivity index (χ4v) is 9.08. The van der Waals surface area contributed by atoms with Crippen LogP contribution in [0.15, 0.2) is 12.2 Å².